The maximum absolute atomic E-state index is 12.7. The van der Waals surface area contributed by atoms with E-state index < -0.39 is 22.1 Å². The molecule has 1 amide bonds. The van der Waals surface area contributed by atoms with Crippen LogP contribution in [0.5, 0.6) is 0 Å². The number of carbonyl (C=O) groups excluding carboxylic acids is 2. The number of anilines is 1. The predicted molar refractivity (Wildman–Crippen MR) is 128 cm³/mol. The molecule has 0 saturated heterocycles. The van der Waals surface area contributed by atoms with Crippen LogP contribution >= 0.6 is 11.8 Å². The monoisotopic (exact) mass is 487 g/mol. The van der Waals surface area contributed by atoms with Gasteiger partial charge in [0.2, 0.25) is 0 Å². The van der Waals surface area contributed by atoms with E-state index in [9.17, 15) is 18.0 Å². The number of thioether (sulfide) groups is 1. The Balaban J connectivity index is 1.42. The third-order valence-electron chi connectivity index (χ3n) is 5.46. The number of esters is 1. The van der Waals surface area contributed by atoms with Gasteiger partial charge in [0.1, 0.15) is 0 Å². The summed E-state index contributed by atoms with van der Waals surface area (Å²) in [6.45, 7) is 3.91. The van der Waals surface area contributed by atoms with Gasteiger partial charge < -0.3 is 15.0 Å². The van der Waals surface area contributed by atoms with Crippen molar-refractivity contribution in [3.63, 3.8) is 0 Å². The molecule has 0 radical (unpaired) electrons. The number of nitrogens with zero attached hydrogens (tertiary/aromatic N) is 2. The van der Waals surface area contributed by atoms with Crippen LogP contribution in [0, 0.1) is 0 Å². The number of hydrogen-bond donors (Lipinski definition) is 1. The van der Waals surface area contributed by atoms with E-state index in [-0.39, 0.29) is 23.3 Å². The molecule has 0 bridgehead atoms. The Hall–Kier alpha value is -2.85. The number of hydrogen-bond acceptors (Lipinski definition) is 7. The van der Waals surface area contributed by atoms with Crippen LogP contribution in [0.25, 0.3) is 0 Å². The second-order valence-corrected chi connectivity index (χ2v) is 10.7. The Bertz CT molecular complexity index is 1200. The molecule has 2 aromatic rings. The Morgan fingerprint density at radius 3 is 2.70 bits per heavy atom. The van der Waals surface area contributed by atoms with Crippen LogP contribution in [0.4, 0.5) is 5.69 Å². The van der Waals surface area contributed by atoms with Gasteiger partial charge in [-0.05, 0) is 48.9 Å². The lowest BCUT2D eigenvalue weighted by Crippen LogP contribution is -2.38. The first-order valence-corrected chi connectivity index (χ1v) is 13.2. The summed E-state index contributed by atoms with van der Waals surface area (Å²) < 4.78 is 32.8. The normalized spacial score (nSPS) is 17.9. The molecule has 0 aliphatic carbocycles. The summed E-state index contributed by atoms with van der Waals surface area (Å²) >= 11 is 1.20. The van der Waals surface area contributed by atoms with E-state index in [1.807, 2.05) is 42.2 Å². The van der Waals surface area contributed by atoms with Crippen LogP contribution in [-0.2, 0) is 19.6 Å². The van der Waals surface area contributed by atoms with Crippen molar-refractivity contribution in [1.82, 2.24) is 5.32 Å². The molecule has 2 heterocycles. The first-order chi connectivity index (χ1) is 15.8. The van der Waals surface area contributed by atoms with Crippen molar-refractivity contribution in [3.8, 4) is 0 Å². The number of sulfonamides is 1. The van der Waals surface area contributed by atoms with E-state index in [0.717, 1.165) is 29.0 Å². The number of ether oxygens (including phenoxy) is 1. The van der Waals surface area contributed by atoms with Gasteiger partial charge in [0.05, 0.1) is 23.0 Å². The maximum atomic E-state index is 12.7. The van der Waals surface area contributed by atoms with Gasteiger partial charge in [-0.15, -0.1) is 4.40 Å². The van der Waals surface area contributed by atoms with Crippen molar-refractivity contribution in [2.75, 3.05) is 17.2 Å². The van der Waals surface area contributed by atoms with Crippen molar-refractivity contribution >= 4 is 44.5 Å². The molecule has 10 heteroatoms. The quantitative estimate of drug-likeness (QED) is 0.596. The summed E-state index contributed by atoms with van der Waals surface area (Å²) in [7, 11) is -3.45. The highest BCUT2D eigenvalue weighted by atomic mass is 32.2. The minimum absolute atomic E-state index is 0.0467. The molecule has 0 unspecified atom stereocenters. The molecule has 8 nitrogen and oxygen atoms in total. The standard InChI is InChI=1S/C23H25N3O5S2/c1-3-7-18(16-8-5-4-6-9-16)24-21(27)15(2)31-22(28)17-10-11-19-20(14-17)32-23-25-33(29,30)13-12-26(19)23/h4-6,8-11,14-15,18H,3,7,12-13H2,1-2H3,(H,24,27)/t15-,18-/m0/s1. The van der Waals surface area contributed by atoms with Gasteiger partial charge in [0.25, 0.3) is 15.9 Å². The zero-order valence-corrected chi connectivity index (χ0v) is 20.0. The van der Waals surface area contributed by atoms with E-state index in [4.69, 9.17) is 4.74 Å². The third-order valence-corrected chi connectivity index (χ3v) is 7.76. The molecule has 2 aliphatic rings. The van der Waals surface area contributed by atoms with E-state index in [2.05, 4.69) is 9.71 Å². The van der Waals surface area contributed by atoms with Crippen LogP contribution in [0.3, 0.4) is 0 Å². The van der Waals surface area contributed by atoms with Crippen molar-refractivity contribution < 1.29 is 22.7 Å². The first-order valence-electron chi connectivity index (χ1n) is 10.8. The second kappa shape index (κ2) is 9.56. The average Bonchev–Trinajstić information content (AvgIpc) is 3.14. The molecular formula is C23H25N3O5S2. The predicted octanol–water partition coefficient (Wildman–Crippen LogP) is 3.50. The molecule has 0 fully saturated rings. The maximum Gasteiger partial charge on any atom is 0.338 e. The Morgan fingerprint density at radius 1 is 1.21 bits per heavy atom. The van der Waals surface area contributed by atoms with Crippen molar-refractivity contribution in [1.29, 1.82) is 0 Å². The first kappa shape index (κ1) is 23.3. The van der Waals surface area contributed by atoms with Crippen LogP contribution in [0.1, 0.15) is 48.7 Å². The Kier molecular flexibility index (Phi) is 6.76. The number of fused-ring (bicyclic) bond motifs is 3. The summed E-state index contributed by atoms with van der Waals surface area (Å²) in [5, 5.41) is 3.36. The van der Waals surface area contributed by atoms with Gasteiger partial charge in [-0.25, -0.2) is 13.2 Å². The minimum Gasteiger partial charge on any atom is -0.449 e. The average molecular weight is 488 g/mol. The van der Waals surface area contributed by atoms with Crippen LogP contribution in [0.15, 0.2) is 57.8 Å². The summed E-state index contributed by atoms with van der Waals surface area (Å²) in [4.78, 5) is 28.0. The van der Waals surface area contributed by atoms with E-state index in [1.54, 1.807) is 25.1 Å². The van der Waals surface area contributed by atoms with Gasteiger partial charge in [0, 0.05) is 11.4 Å². The number of nitrogens with one attached hydrogen (secondary N) is 1. The van der Waals surface area contributed by atoms with E-state index in [0.29, 0.717) is 11.7 Å². The highest BCUT2D eigenvalue weighted by Gasteiger charge is 2.33. The Morgan fingerprint density at radius 2 is 1.97 bits per heavy atom. The lowest BCUT2D eigenvalue weighted by Gasteiger charge is -2.22. The molecule has 2 atom stereocenters. The minimum atomic E-state index is -3.45. The molecule has 1 N–H and O–H groups in total. The molecule has 0 spiro atoms. The second-order valence-electron chi connectivity index (χ2n) is 7.90. The zero-order valence-electron chi connectivity index (χ0n) is 18.4. The van der Waals surface area contributed by atoms with Crippen LogP contribution in [-0.4, -0.2) is 43.9 Å². The molecule has 0 aromatic heterocycles. The largest absolute Gasteiger partial charge is 0.449 e. The lowest BCUT2D eigenvalue weighted by atomic mass is 10.0. The smallest absolute Gasteiger partial charge is 0.338 e. The van der Waals surface area contributed by atoms with Crippen molar-refractivity contribution in [2.24, 2.45) is 4.40 Å². The van der Waals surface area contributed by atoms with E-state index >= 15 is 0 Å². The molecule has 0 saturated carbocycles. The van der Waals surface area contributed by atoms with Crippen LogP contribution in [0.2, 0.25) is 0 Å². The highest BCUT2D eigenvalue weighted by molar-refractivity contribution is 8.15. The number of benzene rings is 2. The molecular weight excluding hydrogens is 462 g/mol. The molecule has 2 aliphatic heterocycles. The summed E-state index contributed by atoms with van der Waals surface area (Å²) in [6, 6.07) is 14.5. The fourth-order valence-corrected chi connectivity index (χ4v) is 6.02. The van der Waals surface area contributed by atoms with Gasteiger partial charge >= 0.3 is 5.97 Å². The van der Waals surface area contributed by atoms with Crippen LogP contribution < -0.4 is 10.2 Å². The van der Waals surface area contributed by atoms with Gasteiger partial charge in [-0.2, -0.15) is 0 Å². The van der Waals surface area contributed by atoms with Crippen molar-refractivity contribution in [3.05, 3.63) is 59.7 Å². The number of carbonyl (C=O) groups is 2. The van der Waals surface area contributed by atoms with Gasteiger partial charge in [-0.1, -0.05) is 43.7 Å². The molecule has 2 aromatic carbocycles. The number of amides is 1. The third kappa shape index (κ3) is 5.22. The fourth-order valence-electron chi connectivity index (χ4n) is 3.72. The molecule has 4 rings (SSSR count). The van der Waals surface area contributed by atoms with Gasteiger partial charge in [0.15, 0.2) is 11.3 Å². The Labute approximate surface area is 197 Å². The molecule has 33 heavy (non-hydrogen) atoms. The van der Waals surface area contributed by atoms with Gasteiger partial charge in [-0.3, -0.25) is 4.79 Å². The van der Waals surface area contributed by atoms with Crippen molar-refractivity contribution in [2.45, 2.75) is 43.7 Å². The fraction of sp³-hybridized carbons (Fsp3) is 0.348. The number of rotatable bonds is 7. The topological polar surface area (TPSA) is 105 Å². The zero-order chi connectivity index (χ0) is 23.6. The lowest BCUT2D eigenvalue weighted by molar-refractivity contribution is -0.129. The SMILES string of the molecule is CCC[C@H](NC(=O)[C@H](C)OC(=O)c1ccc2c(c1)SC1=NS(=O)(=O)CCN12)c1ccccc1. The number of amidine groups is 1. The van der Waals surface area contributed by atoms with E-state index in [1.165, 1.54) is 11.8 Å². The highest BCUT2D eigenvalue weighted by Crippen LogP contribution is 2.42. The summed E-state index contributed by atoms with van der Waals surface area (Å²) in [5.41, 5.74) is 2.10. The summed E-state index contributed by atoms with van der Waals surface area (Å²) in [5.74, 6) is -1.03. The summed E-state index contributed by atoms with van der Waals surface area (Å²) in [6.07, 6.45) is 0.696. The molecule has 174 valence electrons.